The smallest absolute Gasteiger partial charge is 0.246 e. The van der Waals surface area contributed by atoms with E-state index in [0.717, 1.165) is 123 Å². The number of aliphatic hydroxyl groups excluding tert-OH is 1. The maximum Gasteiger partial charge on any atom is 0.246 e. The Morgan fingerprint density at radius 1 is 0.873 bits per heavy atom. The molecule has 0 bridgehead atoms. The van der Waals surface area contributed by atoms with Gasteiger partial charge in [0.15, 0.2) is 0 Å². The van der Waals surface area contributed by atoms with Gasteiger partial charge in [0.25, 0.3) is 0 Å². The molecule has 7 heterocycles. The van der Waals surface area contributed by atoms with E-state index >= 15 is 0 Å². The summed E-state index contributed by atoms with van der Waals surface area (Å²) in [5.74, 6) is 2.23. The first-order valence-electron chi connectivity index (χ1n) is 29.4. The second-order valence-corrected chi connectivity index (χ2v) is 26.5. The van der Waals surface area contributed by atoms with Crippen LogP contribution < -0.4 is 16.4 Å². The van der Waals surface area contributed by atoms with Gasteiger partial charge < -0.3 is 31.5 Å². The number of aliphatic hydroxyl groups is 1. The zero-order valence-corrected chi connectivity index (χ0v) is 47.2. The summed E-state index contributed by atoms with van der Waals surface area (Å²) < 4.78 is 0. The van der Waals surface area contributed by atoms with E-state index in [9.17, 15) is 24.6 Å². The highest BCUT2D eigenvalue weighted by Crippen LogP contribution is 2.61. The first-order chi connectivity index (χ1) is 38.1. The van der Waals surface area contributed by atoms with Gasteiger partial charge in [0, 0.05) is 48.9 Å². The molecule has 79 heavy (non-hydrogen) atoms. The molecule has 7 aliphatic rings. The van der Waals surface area contributed by atoms with Crippen LogP contribution in [0.25, 0.3) is 21.7 Å². The third kappa shape index (κ3) is 10.5. The standard InChI is InChI=1S/C63H78N10O5S/c1-37-54(79-36-67-37)42-21-23-46(24-22-42)62(26-27-62)69-58(77)52-30-49(74)35-72(52)59(78)55(61(2,3)4)68-57(76)43-19-17-41(18-20-43)39-8-7-9-40(16-15-39)45-33-65-60(66-34-45)63-31-47-25-13-38(28-48(32-63)73(47)63)12-14-44-29-51(70-71-56(44)64)50-10-5-6-11-53(50)75/h5-6,8,10-11,21-24,29,33-34,36,38,40-41,43,47-49,52,55,74-75H,7,9,12-20,25-28,30-32,35H2,1-4H3,(H2,64,71)(H,68,76)(H,69,77)/t38?,40?,41?,43?,47?,48?,49-,52+,55-,63?/m1/s1. The number of piperidine rings is 1. The molecule has 4 saturated heterocycles. The van der Waals surface area contributed by atoms with Crippen molar-refractivity contribution in [2.24, 2.45) is 23.2 Å². The summed E-state index contributed by atoms with van der Waals surface area (Å²) in [6.07, 6.45) is 23.0. The number of aromatic nitrogens is 5. The summed E-state index contributed by atoms with van der Waals surface area (Å²) in [6, 6.07) is 17.0. The number of phenolic OH excluding ortho intramolecular Hbond substituents is 1. The average molecular weight is 1090 g/mol. The van der Waals surface area contributed by atoms with Gasteiger partial charge in [-0.3, -0.25) is 19.3 Å². The minimum atomic E-state index is -0.851. The van der Waals surface area contributed by atoms with E-state index in [4.69, 9.17) is 15.7 Å². The van der Waals surface area contributed by atoms with Crippen LogP contribution in [0.2, 0.25) is 0 Å². The third-order valence-corrected chi connectivity index (χ3v) is 20.5. The zero-order valence-electron chi connectivity index (χ0n) is 46.4. The van der Waals surface area contributed by atoms with Crippen molar-refractivity contribution in [3.8, 4) is 27.4 Å². The SMILES string of the molecule is Cc1ncsc1-c1ccc(C2(NC(=O)[C@@H]3C[C@@H](O)CN3C(=O)[C@@H](NC(=O)C3CCC(C4=CCCC(c5cnc(C67CC8CCC(CCc9cc(-c%10ccccc%10O)nnc9N)CC(C6)N87)nc5)CC4)CC3)C(C)(C)C)CC2)cc1. The van der Waals surface area contributed by atoms with E-state index in [1.807, 2.05) is 51.4 Å². The highest BCUT2D eigenvalue weighted by Gasteiger charge is 2.66. The number of aryl methyl sites for hydroxylation is 2. The van der Waals surface area contributed by atoms with Crippen LogP contribution in [-0.4, -0.2) is 99.7 Å². The van der Waals surface area contributed by atoms with Gasteiger partial charge in [-0.15, -0.1) is 21.5 Å². The number of allylic oxidation sites excluding steroid dienone is 2. The lowest BCUT2D eigenvalue weighted by Crippen LogP contribution is -2.76. The van der Waals surface area contributed by atoms with E-state index in [1.165, 1.54) is 35.3 Å². The number of likely N-dealkylation sites (tertiary alicyclic amines) is 1. The number of hydrogen-bond acceptors (Lipinski definition) is 13. The van der Waals surface area contributed by atoms with Crippen LogP contribution in [0.4, 0.5) is 5.82 Å². The first kappa shape index (κ1) is 53.5. The highest BCUT2D eigenvalue weighted by molar-refractivity contribution is 7.13. The molecule has 0 radical (unpaired) electrons. The lowest BCUT2D eigenvalue weighted by Gasteiger charge is -2.69. The molecule has 6 fully saturated rings. The number of aromatic hydroxyl groups is 1. The topological polar surface area (TPSA) is 213 Å². The summed E-state index contributed by atoms with van der Waals surface area (Å²) in [7, 11) is 0. The normalized spacial score (nSPS) is 28.7. The van der Waals surface area contributed by atoms with Crippen molar-refractivity contribution in [2.45, 2.75) is 191 Å². The van der Waals surface area contributed by atoms with Crippen molar-refractivity contribution >= 4 is 34.9 Å². The Hall–Kier alpha value is -6.10. The average Bonchev–Trinajstić information content (AvgIpc) is 3.14. The van der Waals surface area contributed by atoms with Crippen molar-refractivity contribution in [2.75, 3.05) is 12.3 Å². The molecule has 2 aromatic carbocycles. The Morgan fingerprint density at radius 2 is 1.63 bits per heavy atom. The molecule has 16 heteroatoms. The maximum absolute atomic E-state index is 14.6. The summed E-state index contributed by atoms with van der Waals surface area (Å²) in [4.78, 5) is 62.9. The van der Waals surface area contributed by atoms with Crippen LogP contribution in [-0.2, 0) is 31.9 Å². The fourth-order valence-corrected chi connectivity index (χ4v) is 15.7. The van der Waals surface area contributed by atoms with Gasteiger partial charge in [0.2, 0.25) is 17.7 Å². The molecule has 15 nitrogen and oxygen atoms in total. The van der Waals surface area contributed by atoms with Crippen LogP contribution in [0, 0.1) is 30.1 Å². The number of β-amino-alcohol motifs (C(OH)–C–C–N with tert-alkyl or cyclic N) is 1. The van der Waals surface area contributed by atoms with E-state index in [-0.39, 0.29) is 47.9 Å². The number of nitrogen functional groups attached to an aromatic ring is 1. The van der Waals surface area contributed by atoms with Gasteiger partial charge in [-0.05, 0) is 180 Å². The van der Waals surface area contributed by atoms with E-state index < -0.39 is 29.1 Å². The van der Waals surface area contributed by atoms with Crippen molar-refractivity contribution in [3.05, 3.63) is 112 Å². The molecule has 6 N–H and O–H groups in total. The monoisotopic (exact) mass is 1090 g/mol. The van der Waals surface area contributed by atoms with Crippen molar-refractivity contribution in [3.63, 3.8) is 0 Å². The minimum Gasteiger partial charge on any atom is -0.507 e. The van der Waals surface area contributed by atoms with E-state index in [2.05, 4.69) is 73.5 Å². The van der Waals surface area contributed by atoms with Gasteiger partial charge in [0.1, 0.15) is 29.5 Å². The largest absolute Gasteiger partial charge is 0.507 e. The molecule has 12 rings (SSSR count). The van der Waals surface area contributed by atoms with Crippen molar-refractivity contribution in [1.82, 2.24) is 45.6 Å². The number of nitrogens with two attached hydrogens (primary N) is 1. The Kier molecular flexibility index (Phi) is 14.5. The second kappa shape index (κ2) is 21.4. The third-order valence-electron chi connectivity index (χ3n) is 19.6. The summed E-state index contributed by atoms with van der Waals surface area (Å²) in [5, 5.41) is 36.3. The second-order valence-electron chi connectivity index (χ2n) is 25.6. The number of anilines is 1. The molecule has 5 aromatic rings. The highest BCUT2D eigenvalue weighted by atomic mass is 32.1. The fraction of sp³-hybridized carbons (Fsp3) is 0.556. The molecule has 8 atom stereocenters. The van der Waals surface area contributed by atoms with Crippen LogP contribution in [0.1, 0.15) is 164 Å². The Balaban J connectivity index is 0.606. The van der Waals surface area contributed by atoms with E-state index in [0.29, 0.717) is 46.9 Å². The van der Waals surface area contributed by atoms with Crippen LogP contribution in [0.3, 0.4) is 0 Å². The van der Waals surface area contributed by atoms with Crippen molar-refractivity contribution in [1.29, 1.82) is 0 Å². The summed E-state index contributed by atoms with van der Waals surface area (Å²) >= 11 is 1.61. The Bertz CT molecular complexity index is 3110. The number of thiazole rings is 1. The van der Waals surface area contributed by atoms with Gasteiger partial charge in [0.05, 0.1) is 39.0 Å². The van der Waals surface area contributed by atoms with Crippen LogP contribution in [0.5, 0.6) is 5.75 Å². The lowest BCUT2D eigenvalue weighted by molar-refractivity contribution is -0.209. The minimum absolute atomic E-state index is 0.0262. The maximum atomic E-state index is 14.6. The number of amides is 3. The summed E-state index contributed by atoms with van der Waals surface area (Å²) in [5.41, 5.74) is 15.2. The van der Waals surface area contributed by atoms with Gasteiger partial charge in [-0.2, -0.15) is 0 Å². The quantitative estimate of drug-likeness (QED) is 0.0658. The number of benzene rings is 2. The molecular weight excluding hydrogens is 1010 g/mol. The molecule has 3 aliphatic carbocycles. The van der Waals surface area contributed by atoms with Crippen LogP contribution in [0.15, 0.2) is 84.2 Å². The first-order valence-corrected chi connectivity index (χ1v) is 30.3. The Labute approximate surface area is 468 Å². The van der Waals surface area contributed by atoms with Gasteiger partial charge in [-0.25, -0.2) is 15.0 Å². The van der Waals surface area contributed by atoms with Crippen molar-refractivity contribution < 1.29 is 24.6 Å². The van der Waals surface area contributed by atoms with Crippen LogP contribution >= 0.6 is 11.3 Å². The molecule has 5 unspecified atom stereocenters. The number of nitrogens with zero attached hydrogens (tertiary/aromatic N) is 7. The fourth-order valence-electron chi connectivity index (χ4n) is 14.9. The number of carbonyl (C=O) groups excluding carboxylic acids is 3. The molecule has 2 saturated carbocycles. The number of carbonyl (C=O) groups is 3. The van der Waals surface area contributed by atoms with Gasteiger partial charge in [-0.1, -0.05) is 68.8 Å². The predicted octanol–water partition coefficient (Wildman–Crippen LogP) is 9.82. The molecule has 3 aromatic heterocycles. The van der Waals surface area contributed by atoms with Gasteiger partial charge >= 0.3 is 0 Å². The number of para-hydroxylation sites is 1. The molecular formula is C63H78N10O5S. The van der Waals surface area contributed by atoms with E-state index in [1.54, 1.807) is 23.5 Å². The Morgan fingerprint density at radius 3 is 2.35 bits per heavy atom. The molecule has 3 amide bonds. The summed E-state index contributed by atoms with van der Waals surface area (Å²) in [6.45, 7) is 7.91. The number of nitrogens with one attached hydrogen (secondary N) is 2. The molecule has 4 aliphatic heterocycles. The number of hydrogen-bond donors (Lipinski definition) is 5. The number of phenols is 1. The molecule has 0 spiro atoms. The molecule has 416 valence electrons. The predicted molar refractivity (Wildman–Crippen MR) is 305 cm³/mol. The lowest BCUT2D eigenvalue weighted by atomic mass is 9.63. The number of rotatable bonds is 14. The zero-order chi connectivity index (χ0) is 54.8.